The van der Waals surface area contributed by atoms with Crippen molar-refractivity contribution in [3.8, 4) is 5.75 Å². The quantitative estimate of drug-likeness (QED) is 0.557. The number of aromatic nitrogens is 2. The molecule has 5 rings (SSSR count). The van der Waals surface area contributed by atoms with Crippen molar-refractivity contribution in [2.45, 2.75) is 25.5 Å². The van der Waals surface area contributed by atoms with Gasteiger partial charge in [-0.3, -0.25) is 9.69 Å². The number of carbonyl (C=O) groups excluding carboxylic acids is 1. The minimum absolute atomic E-state index is 0. The number of H-pyrrole nitrogens is 1. The first-order valence-corrected chi connectivity index (χ1v) is 10.2. The summed E-state index contributed by atoms with van der Waals surface area (Å²) in [7, 11) is 2.10. The molecule has 1 aromatic carbocycles. The Kier molecular flexibility index (Phi) is 7.56. The van der Waals surface area contributed by atoms with Crippen molar-refractivity contribution in [1.82, 2.24) is 20.2 Å². The number of benzene rings is 1. The van der Waals surface area contributed by atoms with Gasteiger partial charge in [0.2, 0.25) is 0 Å². The van der Waals surface area contributed by atoms with Gasteiger partial charge in [-0.25, -0.2) is 9.98 Å². The molecule has 2 aromatic heterocycles. The maximum absolute atomic E-state index is 12.4. The molecular formula is C23H25Cl2N5O2. The lowest BCUT2D eigenvalue weighted by Gasteiger charge is -2.32. The molecule has 0 bridgehead atoms. The van der Waals surface area contributed by atoms with Gasteiger partial charge in [0.15, 0.2) is 6.23 Å². The number of piperidine rings is 1. The predicted octanol–water partition coefficient (Wildman–Crippen LogP) is 4.14. The number of likely N-dealkylation sites (tertiary alicyclic amines) is 1. The average molecular weight is 474 g/mol. The molecule has 1 atom stereocenters. The number of carbonyl (C=O) groups is 1. The third-order valence-electron chi connectivity index (χ3n) is 5.58. The summed E-state index contributed by atoms with van der Waals surface area (Å²) in [6.45, 7) is 1.06. The number of halogens is 2. The number of pyridine rings is 1. The first kappa shape index (κ1) is 23.8. The molecule has 4 heterocycles. The Balaban J connectivity index is 0.00000144. The molecule has 168 valence electrons. The summed E-state index contributed by atoms with van der Waals surface area (Å²) in [6.07, 6.45) is 8.91. The zero-order chi connectivity index (χ0) is 20.5. The summed E-state index contributed by atoms with van der Waals surface area (Å²) in [5.74, 6) is 1.16. The summed E-state index contributed by atoms with van der Waals surface area (Å²) < 4.78 is 6.12. The van der Waals surface area contributed by atoms with E-state index in [0.717, 1.165) is 40.9 Å². The standard InChI is InChI=1S/C23H23N5O2.2ClH/c1-28-12-3-2-6-20(28)30-17-9-7-15(8-10-17)21-26-19(23(29)27-21)13-16-14-25-22-18(16)5-4-11-24-22;;/h4-5,7-11,13-14,20H,2-3,6,12H2,1H3,(H,24,25)(H,26,27,29);2*1H/b19-13-;;. The van der Waals surface area contributed by atoms with Crippen molar-refractivity contribution in [3.05, 3.63) is 65.6 Å². The van der Waals surface area contributed by atoms with E-state index in [1.807, 2.05) is 42.6 Å². The largest absolute Gasteiger partial charge is 0.475 e. The van der Waals surface area contributed by atoms with Gasteiger partial charge in [-0.15, -0.1) is 24.8 Å². The van der Waals surface area contributed by atoms with E-state index in [-0.39, 0.29) is 36.9 Å². The van der Waals surface area contributed by atoms with Gasteiger partial charge in [-0.05, 0) is 68.8 Å². The van der Waals surface area contributed by atoms with Crippen LogP contribution in [0.5, 0.6) is 5.75 Å². The van der Waals surface area contributed by atoms with Gasteiger partial charge in [0.05, 0.1) is 0 Å². The van der Waals surface area contributed by atoms with E-state index in [9.17, 15) is 4.79 Å². The third kappa shape index (κ3) is 4.80. The fourth-order valence-corrected chi connectivity index (χ4v) is 3.89. The molecule has 2 aliphatic heterocycles. The number of nitrogens with one attached hydrogen (secondary N) is 2. The predicted molar refractivity (Wildman–Crippen MR) is 131 cm³/mol. The van der Waals surface area contributed by atoms with Crippen LogP contribution in [0.15, 0.2) is 59.5 Å². The molecule has 0 saturated carbocycles. The van der Waals surface area contributed by atoms with Crippen LogP contribution in [0.25, 0.3) is 17.1 Å². The molecule has 3 aromatic rings. The molecule has 0 aliphatic carbocycles. The zero-order valence-electron chi connectivity index (χ0n) is 17.6. The van der Waals surface area contributed by atoms with Gasteiger partial charge in [0.25, 0.3) is 5.91 Å². The van der Waals surface area contributed by atoms with Crippen LogP contribution in [0.3, 0.4) is 0 Å². The number of hydrogen-bond donors (Lipinski definition) is 2. The van der Waals surface area contributed by atoms with Crippen LogP contribution in [-0.2, 0) is 4.79 Å². The van der Waals surface area contributed by atoms with Gasteiger partial charge in [-0.2, -0.15) is 0 Å². The second kappa shape index (κ2) is 10.2. The van der Waals surface area contributed by atoms with Crippen LogP contribution in [0.2, 0.25) is 0 Å². The number of aromatic amines is 1. The SMILES string of the molecule is CN1CCCCC1Oc1ccc(C2=N/C(=C\c3c[nH]c4ncccc34)C(=O)N2)cc1.Cl.Cl. The number of amides is 1. The van der Waals surface area contributed by atoms with Crippen LogP contribution in [0.1, 0.15) is 30.4 Å². The van der Waals surface area contributed by atoms with Crippen LogP contribution in [-0.4, -0.2) is 46.4 Å². The van der Waals surface area contributed by atoms with E-state index >= 15 is 0 Å². The molecule has 1 amide bonds. The number of ether oxygens (including phenoxy) is 1. The van der Waals surface area contributed by atoms with Crippen LogP contribution >= 0.6 is 24.8 Å². The highest BCUT2D eigenvalue weighted by atomic mass is 35.5. The van der Waals surface area contributed by atoms with E-state index in [1.54, 1.807) is 12.3 Å². The average Bonchev–Trinajstić information content (AvgIpc) is 3.34. The fourth-order valence-electron chi connectivity index (χ4n) is 3.89. The highest BCUT2D eigenvalue weighted by molar-refractivity contribution is 6.20. The van der Waals surface area contributed by atoms with E-state index in [1.165, 1.54) is 12.8 Å². The van der Waals surface area contributed by atoms with Crippen molar-refractivity contribution in [3.63, 3.8) is 0 Å². The molecule has 2 N–H and O–H groups in total. The Bertz CT molecular complexity index is 1160. The topological polar surface area (TPSA) is 82.6 Å². The van der Waals surface area contributed by atoms with Crippen molar-refractivity contribution in [1.29, 1.82) is 0 Å². The molecule has 0 radical (unpaired) electrons. The van der Waals surface area contributed by atoms with E-state index in [2.05, 4.69) is 32.2 Å². The molecule has 9 heteroatoms. The second-order valence-electron chi connectivity index (χ2n) is 7.66. The lowest BCUT2D eigenvalue weighted by molar-refractivity contribution is -0.115. The summed E-state index contributed by atoms with van der Waals surface area (Å²) in [4.78, 5) is 26.6. The van der Waals surface area contributed by atoms with Crippen molar-refractivity contribution in [2.75, 3.05) is 13.6 Å². The molecule has 1 unspecified atom stereocenters. The van der Waals surface area contributed by atoms with Crippen LogP contribution < -0.4 is 10.1 Å². The minimum Gasteiger partial charge on any atom is -0.475 e. The number of hydrogen-bond acceptors (Lipinski definition) is 5. The molecule has 32 heavy (non-hydrogen) atoms. The normalized spacial score (nSPS) is 19.8. The van der Waals surface area contributed by atoms with Gasteiger partial charge in [0.1, 0.15) is 22.9 Å². The molecular weight excluding hydrogens is 449 g/mol. The Morgan fingerprint density at radius 2 is 1.97 bits per heavy atom. The van der Waals surface area contributed by atoms with Gasteiger partial charge >= 0.3 is 0 Å². The molecule has 1 fully saturated rings. The minimum atomic E-state index is -0.215. The first-order chi connectivity index (χ1) is 14.7. The Morgan fingerprint density at radius 1 is 1.16 bits per heavy atom. The first-order valence-electron chi connectivity index (χ1n) is 10.2. The van der Waals surface area contributed by atoms with Crippen LogP contribution in [0, 0.1) is 0 Å². The van der Waals surface area contributed by atoms with E-state index in [0.29, 0.717) is 11.5 Å². The van der Waals surface area contributed by atoms with Crippen LogP contribution in [0.4, 0.5) is 0 Å². The van der Waals surface area contributed by atoms with Gasteiger partial charge in [-0.1, -0.05) is 0 Å². The smallest absolute Gasteiger partial charge is 0.275 e. The molecule has 7 nitrogen and oxygen atoms in total. The number of nitrogens with zero attached hydrogens (tertiary/aromatic N) is 3. The summed E-state index contributed by atoms with van der Waals surface area (Å²) in [5.41, 5.74) is 2.88. The number of rotatable bonds is 4. The molecule has 0 spiro atoms. The van der Waals surface area contributed by atoms with E-state index in [4.69, 9.17) is 4.74 Å². The summed E-state index contributed by atoms with van der Waals surface area (Å²) in [6, 6.07) is 11.5. The Labute approximate surface area is 198 Å². The maximum Gasteiger partial charge on any atom is 0.275 e. The lowest BCUT2D eigenvalue weighted by Crippen LogP contribution is -2.40. The fraction of sp³-hybridized carbons (Fsp3) is 0.261. The van der Waals surface area contributed by atoms with Crippen molar-refractivity contribution < 1.29 is 9.53 Å². The summed E-state index contributed by atoms with van der Waals surface area (Å²) in [5, 5.41) is 3.81. The number of aliphatic imine (C=N–C) groups is 1. The summed E-state index contributed by atoms with van der Waals surface area (Å²) >= 11 is 0. The third-order valence-corrected chi connectivity index (χ3v) is 5.58. The monoisotopic (exact) mass is 473 g/mol. The van der Waals surface area contributed by atoms with Crippen molar-refractivity contribution in [2.24, 2.45) is 4.99 Å². The van der Waals surface area contributed by atoms with E-state index < -0.39 is 0 Å². The highest BCUT2D eigenvalue weighted by Gasteiger charge is 2.23. The van der Waals surface area contributed by atoms with Gasteiger partial charge in [0, 0.05) is 35.5 Å². The lowest BCUT2D eigenvalue weighted by atomic mass is 10.1. The molecule has 2 aliphatic rings. The van der Waals surface area contributed by atoms with Crippen molar-refractivity contribution >= 4 is 53.7 Å². The molecule has 1 saturated heterocycles. The Hall–Kier alpha value is -2.87. The number of fused-ring (bicyclic) bond motifs is 1. The zero-order valence-corrected chi connectivity index (χ0v) is 19.2. The second-order valence-corrected chi connectivity index (χ2v) is 7.66. The maximum atomic E-state index is 12.4. The van der Waals surface area contributed by atoms with Gasteiger partial charge < -0.3 is 15.0 Å². The highest BCUT2D eigenvalue weighted by Crippen LogP contribution is 2.23. The Morgan fingerprint density at radius 3 is 2.75 bits per heavy atom. The number of amidine groups is 1.